The summed E-state index contributed by atoms with van der Waals surface area (Å²) in [6.45, 7) is 3.61. The second-order valence-corrected chi connectivity index (χ2v) is 6.56. The molecule has 0 bridgehead atoms. The molecule has 0 aliphatic heterocycles. The molecule has 4 rings (SSSR count). The molecule has 9 nitrogen and oxygen atoms in total. The number of nitrogens with zero attached hydrogens (tertiary/aromatic N) is 4. The summed E-state index contributed by atoms with van der Waals surface area (Å²) >= 11 is 0. The minimum absolute atomic E-state index is 0.158. The fourth-order valence-corrected chi connectivity index (χ4v) is 3.08. The summed E-state index contributed by atoms with van der Waals surface area (Å²) in [5, 5.41) is 16.7. The first-order chi connectivity index (χ1) is 13.9. The van der Waals surface area contributed by atoms with E-state index in [9.17, 15) is 14.7 Å². The fourth-order valence-electron chi connectivity index (χ4n) is 3.08. The molecule has 0 aliphatic carbocycles. The number of hydrogen-bond donors (Lipinski definition) is 3. The third kappa shape index (κ3) is 3.41. The number of carbonyl (C=O) groups excluding carboxylic acids is 1. The Labute approximate surface area is 165 Å². The van der Waals surface area contributed by atoms with Crippen LogP contribution in [-0.2, 0) is 0 Å². The van der Waals surface area contributed by atoms with Gasteiger partial charge in [0.05, 0.1) is 5.56 Å². The largest absolute Gasteiger partial charge is 0.478 e. The van der Waals surface area contributed by atoms with Gasteiger partial charge in [-0.2, -0.15) is 5.10 Å². The molecule has 0 radical (unpaired) electrons. The first-order valence-electron chi connectivity index (χ1n) is 8.82. The molecule has 146 valence electrons. The number of carboxylic acids is 1. The van der Waals surface area contributed by atoms with Crippen molar-refractivity contribution in [1.82, 2.24) is 19.3 Å². The van der Waals surface area contributed by atoms with Crippen LogP contribution in [0.25, 0.3) is 5.52 Å². The van der Waals surface area contributed by atoms with Crippen LogP contribution in [0, 0.1) is 13.8 Å². The Morgan fingerprint density at radius 2 is 1.90 bits per heavy atom. The first kappa shape index (κ1) is 18.2. The number of fused-ring (bicyclic) bond motifs is 1. The molecule has 0 atom stereocenters. The van der Waals surface area contributed by atoms with Gasteiger partial charge in [-0.15, -0.1) is 0 Å². The molecule has 0 spiro atoms. The van der Waals surface area contributed by atoms with Crippen molar-refractivity contribution in [1.29, 1.82) is 0 Å². The number of aryl methyl sites for hydroxylation is 2. The van der Waals surface area contributed by atoms with Gasteiger partial charge in [-0.05, 0) is 49.2 Å². The van der Waals surface area contributed by atoms with E-state index < -0.39 is 5.97 Å². The molecule has 4 aromatic rings. The van der Waals surface area contributed by atoms with Gasteiger partial charge < -0.3 is 10.4 Å². The summed E-state index contributed by atoms with van der Waals surface area (Å²) in [5.41, 5.74) is 6.09. The van der Waals surface area contributed by atoms with E-state index in [1.54, 1.807) is 36.1 Å². The van der Waals surface area contributed by atoms with E-state index in [2.05, 4.69) is 20.8 Å². The van der Waals surface area contributed by atoms with Crippen molar-refractivity contribution in [2.45, 2.75) is 13.8 Å². The Balaban J connectivity index is 1.69. The highest BCUT2D eigenvalue weighted by Gasteiger charge is 2.18. The van der Waals surface area contributed by atoms with Crippen LogP contribution in [0.3, 0.4) is 0 Å². The highest BCUT2D eigenvalue weighted by Crippen LogP contribution is 2.27. The number of rotatable bonds is 5. The molecular weight excluding hydrogens is 372 g/mol. The molecule has 3 aromatic heterocycles. The SMILES string of the molecule is Cc1ccc(C(=O)Nn2cccc2)cc1Nc1ncnn2cc(C(=O)O)c(C)c12. The summed E-state index contributed by atoms with van der Waals surface area (Å²) < 4.78 is 3.05. The highest BCUT2D eigenvalue weighted by atomic mass is 16.4. The molecule has 1 amide bonds. The number of aromatic carboxylic acids is 1. The Bertz CT molecular complexity index is 1230. The summed E-state index contributed by atoms with van der Waals surface area (Å²) in [6, 6.07) is 8.92. The Morgan fingerprint density at radius 1 is 1.14 bits per heavy atom. The standard InChI is InChI=1S/C20H18N6O3/c1-12-5-6-14(19(27)24-25-7-3-4-8-25)9-16(12)23-18-17-13(2)15(20(28)29)10-26(17)22-11-21-18/h3-11H,1-2H3,(H,24,27)(H,28,29)(H,21,22,23). The maximum atomic E-state index is 12.5. The maximum Gasteiger partial charge on any atom is 0.337 e. The van der Waals surface area contributed by atoms with Gasteiger partial charge >= 0.3 is 5.97 Å². The Hall–Kier alpha value is -4.14. The van der Waals surface area contributed by atoms with Gasteiger partial charge in [-0.25, -0.2) is 14.3 Å². The van der Waals surface area contributed by atoms with E-state index >= 15 is 0 Å². The first-order valence-corrected chi connectivity index (χ1v) is 8.82. The van der Waals surface area contributed by atoms with Crippen LogP contribution in [0.5, 0.6) is 0 Å². The lowest BCUT2D eigenvalue weighted by Gasteiger charge is -2.13. The van der Waals surface area contributed by atoms with Crippen LogP contribution in [0.15, 0.2) is 55.2 Å². The molecule has 0 saturated heterocycles. The van der Waals surface area contributed by atoms with Crippen LogP contribution < -0.4 is 10.7 Å². The number of amides is 1. The van der Waals surface area contributed by atoms with Gasteiger partial charge in [0.1, 0.15) is 11.8 Å². The molecule has 0 unspecified atom stereocenters. The quantitative estimate of drug-likeness (QED) is 0.483. The van der Waals surface area contributed by atoms with Crippen LogP contribution in [0.4, 0.5) is 11.5 Å². The molecule has 0 aliphatic rings. The average Bonchev–Trinajstić information content (AvgIpc) is 3.32. The number of nitrogens with one attached hydrogen (secondary N) is 2. The van der Waals surface area contributed by atoms with Gasteiger partial charge in [-0.3, -0.25) is 14.9 Å². The number of hydrogen-bond acceptors (Lipinski definition) is 5. The molecule has 0 fully saturated rings. The van der Waals surface area contributed by atoms with Crippen LogP contribution in [-0.4, -0.2) is 36.3 Å². The molecule has 29 heavy (non-hydrogen) atoms. The van der Waals surface area contributed by atoms with Crippen LogP contribution >= 0.6 is 0 Å². The minimum Gasteiger partial charge on any atom is -0.478 e. The maximum absolute atomic E-state index is 12.5. The lowest BCUT2D eigenvalue weighted by Crippen LogP contribution is -2.21. The van der Waals surface area contributed by atoms with Gasteiger partial charge in [0.15, 0.2) is 5.82 Å². The normalized spacial score (nSPS) is 10.8. The number of carbonyl (C=O) groups is 2. The highest BCUT2D eigenvalue weighted by molar-refractivity contribution is 6.01. The third-order valence-corrected chi connectivity index (χ3v) is 4.65. The zero-order chi connectivity index (χ0) is 20.5. The Kier molecular flexibility index (Phi) is 4.47. The van der Waals surface area contributed by atoms with E-state index in [0.29, 0.717) is 28.1 Å². The van der Waals surface area contributed by atoms with E-state index in [4.69, 9.17) is 0 Å². The summed E-state index contributed by atoms with van der Waals surface area (Å²) in [4.78, 5) is 28.2. The monoisotopic (exact) mass is 390 g/mol. The number of aromatic nitrogens is 4. The predicted octanol–water partition coefficient (Wildman–Crippen LogP) is 2.97. The smallest absolute Gasteiger partial charge is 0.337 e. The van der Waals surface area contributed by atoms with Crippen molar-refractivity contribution in [2.75, 3.05) is 10.7 Å². The molecule has 0 saturated carbocycles. The van der Waals surface area contributed by atoms with Crippen LogP contribution in [0.2, 0.25) is 0 Å². The second-order valence-electron chi connectivity index (χ2n) is 6.56. The van der Waals surface area contributed by atoms with Gasteiger partial charge in [0, 0.05) is 29.8 Å². The van der Waals surface area contributed by atoms with Gasteiger partial charge in [0.2, 0.25) is 0 Å². The molecule has 3 N–H and O–H groups in total. The lowest BCUT2D eigenvalue weighted by atomic mass is 10.1. The summed E-state index contributed by atoms with van der Waals surface area (Å²) in [7, 11) is 0. The van der Waals surface area contributed by atoms with Crippen molar-refractivity contribution >= 4 is 28.9 Å². The van der Waals surface area contributed by atoms with Crippen molar-refractivity contribution in [3.63, 3.8) is 0 Å². The van der Waals surface area contributed by atoms with E-state index in [0.717, 1.165) is 5.56 Å². The number of benzene rings is 1. The number of carboxylic acid groups (broad SMARTS) is 1. The minimum atomic E-state index is -1.03. The summed E-state index contributed by atoms with van der Waals surface area (Å²) in [5.74, 6) is -0.834. The molecule has 1 aromatic carbocycles. The zero-order valence-electron chi connectivity index (χ0n) is 15.7. The predicted molar refractivity (Wildman–Crippen MR) is 107 cm³/mol. The average molecular weight is 390 g/mol. The zero-order valence-corrected chi connectivity index (χ0v) is 15.7. The Morgan fingerprint density at radius 3 is 2.62 bits per heavy atom. The topological polar surface area (TPSA) is 114 Å². The third-order valence-electron chi connectivity index (χ3n) is 4.65. The van der Waals surface area contributed by atoms with E-state index in [1.165, 1.54) is 17.0 Å². The van der Waals surface area contributed by atoms with E-state index in [-0.39, 0.29) is 11.5 Å². The fraction of sp³-hybridized carbons (Fsp3) is 0.100. The van der Waals surface area contributed by atoms with Crippen molar-refractivity contribution in [3.8, 4) is 0 Å². The molecule has 3 heterocycles. The summed E-state index contributed by atoms with van der Waals surface area (Å²) in [6.07, 6.45) is 6.27. The van der Waals surface area contributed by atoms with Crippen molar-refractivity contribution in [2.24, 2.45) is 0 Å². The van der Waals surface area contributed by atoms with Crippen molar-refractivity contribution < 1.29 is 14.7 Å². The van der Waals surface area contributed by atoms with Crippen molar-refractivity contribution in [3.05, 3.63) is 77.5 Å². The second kappa shape index (κ2) is 7.12. The number of anilines is 2. The van der Waals surface area contributed by atoms with Gasteiger partial charge in [-0.1, -0.05) is 6.07 Å². The van der Waals surface area contributed by atoms with E-state index in [1.807, 2.05) is 25.1 Å². The van der Waals surface area contributed by atoms with Gasteiger partial charge in [0.25, 0.3) is 5.91 Å². The molecular formula is C20H18N6O3. The van der Waals surface area contributed by atoms with Crippen LogP contribution in [0.1, 0.15) is 31.8 Å². The molecule has 9 heteroatoms. The lowest BCUT2D eigenvalue weighted by molar-refractivity contribution is 0.0696.